The lowest BCUT2D eigenvalue weighted by Crippen LogP contribution is -2.44. The highest BCUT2D eigenvalue weighted by molar-refractivity contribution is 9.08. The first kappa shape index (κ1) is 13.6. The maximum atomic E-state index is 6.39. The highest BCUT2D eigenvalue weighted by atomic mass is 79.9. The Balaban J connectivity index is 2.27. The molecule has 0 spiro atoms. The molecule has 0 amide bonds. The topological polar surface area (TPSA) is 3.24 Å². The Labute approximate surface area is 121 Å². The fraction of sp³-hybridized carbons (Fsp3) is 0.538. The first-order valence-electron chi connectivity index (χ1n) is 5.86. The normalized spacial score (nSPS) is 25.1. The molecule has 1 saturated heterocycles. The van der Waals surface area contributed by atoms with E-state index in [0.717, 1.165) is 16.9 Å². The summed E-state index contributed by atoms with van der Waals surface area (Å²) in [5, 5.41) is 2.39. The van der Waals surface area contributed by atoms with Crippen LogP contribution < -0.4 is 4.90 Å². The lowest BCUT2D eigenvalue weighted by atomic mass is 10.1. The van der Waals surface area contributed by atoms with Gasteiger partial charge in [0.25, 0.3) is 0 Å². The molecule has 1 aromatic rings. The van der Waals surface area contributed by atoms with Gasteiger partial charge in [-0.3, -0.25) is 0 Å². The monoisotopic (exact) mass is 333 g/mol. The van der Waals surface area contributed by atoms with Crippen molar-refractivity contribution < 1.29 is 0 Å². The van der Waals surface area contributed by atoms with E-state index < -0.39 is 0 Å². The van der Waals surface area contributed by atoms with Crippen LogP contribution in [0.25, 0.3) is 0 Å². The highest BCUT2D eigenvalue weighted by Gasteiger charge is 2.26. The third-order valence-electron chi connectivity index (χ3n) is 3.36. The second kappa shape index (κ2) is 5.85. The molecule has 2 rings (SSSR count). The standard InChI is InChI=1S/C13H17BrClNS/c1-9-10(2)17-6-5-16(9)13-4-3-11(8-14)7-12(13)15/h3-4,7,9-10H,5-6,8H2,1-2H3. The molecule has 1 heterocycles. The smallest absolute Gasteiger partial charge is 0.0642 e. The van der Waals surface area contributed by atoms with Crippen molar-refractivity contribution in [1.29, 1.82) is 0 Å². The molecule has 94 valence electrons. The maximum absolute atomic E-state index is 6.39. The average Bonchev–Trinajstić information content (AvgIpc) is 2.33. The molecule has 17 heavy (non-hydrogen) atoms. The zero-order valence-corrected chi connectivity index (χ0v) is 13.3. The van der Waals surface area contributed by atoms with Crippen molar-refractivity contribution in [3.05, 3.63) is 28.8 Å². The minimum atomic E-state index is 0.543. The minimum absolute atomic E-state index is 0.543. The largest absolute Gasteiger partial charge is 0.366 e. The van der Waals surface area contributed by atoms with E-state index in [1.807, 2.05) is 11.8 Å². The van der Waals surface area contributed by atoms with Crippen LogP contribution in [0.15, 0.2) is 18.2 Å². The number of rotatable bonds is 2. The van der Waals surface area contributed by atoms with Gasteiger partial charge in [-0.05, 0) is 24.6 Å². The molecule has 0 aromatic heterocycles. The van der Waals surface area contributed by atoms with E-state index in [1.165, 1.54) is 17.0 Å². The van der Waals surface area contributed by atoms with Crippen LogP contribution >= 0.6 is 39.3 Å². The summed E-state index contributed by atoms with van der Waals surface area (Å²) in [6, 6.07) is 6.90. The molecule has 0 radical (unpaired) electrons. The fourth-order valence-electron chi connectivity index (χ4n) is 2.14. The SMILES string of the molecule is CC1SCCN(c2ccc(CBr)cc2Cl)C1C. The van der Waals surface area contributed by atoms with Crippen LogP contribution in [0.5, 0.6) is 0 Å². The highest BCUT2D eigenvalue weighted by Crippen LogP contribution is 2.34. The van der Waals surface area contributed by atoms with E-state index in [9.17, 15) is 0 Å². The van der Waals surface area contributed by atoms with E-state index >= 15 is 0 Å². The molecule has 0 N–H and O–H groups in total. The number of anilines is 1. The Kier molecular flexibility index (Phi) is 4.67. The fourth-order valence-corrected chi connectivity index (χ4v) is 3.90. The molecular formula is C13H17BrClNS. The molecule has 1 fully saturated rings. The summed E-state index contributed by atoms with van der Waals surface area (Å²) in [7, 11) is 0. The summed E-state index contributed by atoms with van der Waals surface area (Å²) < 4.78 is 0. The van der Waals surface area contributed by atoms with Gasteiger partial charge in [-0.25, -0.2) is 0 Å². The third kappa shape index (κ3) is 2.94. The van der Waals surface area contributed by atoms with Crippen molar-refractivity contribution in [2.75, 3.05) is 17.2 Å². The number of hydrogen-bond donors (Lipinski definition) is 0. The molecule has 2 unspecified atom stereocenters. The van der Waals surface area contributed by atoms with Crippen LogP contribution in [-0.4, -0.2) is 23.6 Å². The molecular weight excluding hydrogens is 318 g/mol. The van der Waals surface area contributed by atoms with Gasteiger partial charge in [0.2, 0.25) is 0 Å². The van der Waals surface area contributed by atoms with Crippen molar-refractivity contribution in [3.8, 4) is 0 Å². The van der Waals surface area contributed by atoms with Crippen LogP contribution in [-0.2, 0) is 5.33 Å². The average molecular weight is 335 g/mol. The van der Waals surface area contributed by atoms with Gasteiger partial charge in [-0.2, -0.15) is 11.8 Å². The van der Waals surface area contributed by atoms with Crippen LogP contribution in [0, 0.1) is 0 Å². The van der Waals surface area contributed by atoms with Gasteiger partial charge in [0.1, 0.15) is 0 Å². The first-order chi connectivity index (χ1) is 8.13. The van der Waals surface area contributed by atoms with Gasteiger partial charge in [0.15, 0.2) is 0 Å². The molecule has 2 atom stereocenters. The summed E-state index contributed by atoms with van der Waals surface area (Å²) in [5.41, 5.74) is 2.40. The predicted molar refractivity (Wildman–Crippen MR) is 82.8 cm³/mol. The van der Waals surface area contributed by atoms with E-state index in [4.69, 9.17) is 11.6 Å². The van der Waals surface area contributed by atoms with Crippen LogP contribution in [0.1, 0.15) is 19.4 Å². The molecule has 1 aliphatic rings. The van der Waals surface area contributed by atoms with Gasteiger partial charge in [-0.15, -0.1) is 0 Å². The first-order valence-corrected chi connectivity index (χ1v) is 8.41. The molecule has 0 aliphatic carbocycles. The second-order valence-corrected chi connectivity index (χ2v) is 6.88. The number of hydrogen-bond acceptors (Lipinski definition) is 2. The quantitative estimate of drug-likeness (QED) is 0.729. The van der Waals surface area contributed by atoms with Crippen molar-refractivity contribution in [3.63, 3.8) is 0 Å². The zero-order chi connectivity index (χ0) is 12.4. The molecule has 1 aromatic carbocycles. The predicted octanol–water partition coefficient (Wildman–Crippen LogP) is 4.57. The Morgan fingerprint density at radius 3 is 2.88 bits per heavy atom. The third-order valence-corrected chi connectivity index (χ3v) is 5.65. The number of nitrogens with zero attached hydrogens (tertiary/aromatic N) is 1. The van der Waals surface area contributed by atoms with Crippen molar-refractivity contribution in [2.24, 2.45) is 0 Å². The van der Waals surface area contributed by atoms with Gasteiger partial charge in [0.05, 0.1) is 10.7 Å². The van der Waals surface area contributed by atoms with Gasteiger partial charge < -0.3 is 4.90 Å². The lowest BCUT2D eigenvalue weighted by molar-refractivity contribution is 0.627. The summed E-state index contributed by atoms with van der Waals surface area (Å²) in [5.74, 6) is 1.18. The van der Waals surface area contributed by atoms with Crippen LogP contribution in [0.3, 0.4) is 0 Å². The van der Waals surface area contributed by atoms with Crippen molar-refractivity contribution >= 4 is 45.0 Å². The summed E-state index contributed by atoms with van der Waals surface area (Å²) in [6.07, 6.45) is 0. The number of thioether (sulfide) groups is 1. The van der Waals surface area contributed by atoms with Crippen LogP contribution in [0.2, 0.25) is 5.02 Å². The summed E-state index contributed by atoms with van der Waals surface area (Å²) >= 11 is 11.9. The number of benzene rings is 1. The van der Waals surface area contributed by atoms with E-state index in [0.29, 0.717) is 11.3 Å². The van der Waals surface area contributed by atoms with E-state index in [1.54, 1.807) is 0 Å². The van der Waals surface area contributed by atoms with Gasteiger partial charge in [-0.1, -0.05) is 40.5 Å². The minimum Gasteiger partial charge on any atom is -0.366 e. The lowest BCUT2D eigenvalue weighted by Gasteiger charge is -2.39. The van der Waals surface area contributed by atoms with Crippen molar-refractivity contribution in [2.45, 2.75) is 30.5 Å². The van der Waals surface area contributed by atoms with E-state index in [2.05, 4.69) is 52.9 Å². The van der Waals surface area contributed by atoms with Crippen molar-refractivity contribution in [1.82, 2.24) is 0 Å². The zero-order valence-electron chi connectivity index (χ0n) is 10.1. The Bertz CT molecular complexity index is 399. The molecule has 4 heteroatoms. The Morgan fingerprint density at radius 1 is 1.47 bits per heavy atom. The van der Waals surface area contributed by atoms with Crippen LogP contribution in [0.4, 0.5) is 5.69 Å². The second-order valence-electron chi connectivity index (χ2n) is 4.43. The van der Waals surface area contributed by atoms with E-state index in [-0.39, 0.29) is 0 Å². The van der Waals surface area contributed by atoms with Gasteiger partial charge >= 0.3 is 0 Å². The Hall–Kier alpha value is 0.140. The molecule has 0 bridgehead atoms. The molecule has 1 aliphatic heterocycles. The Morgan fingerprint density at radius 2 is 2.24 bits per heavy atom. The van der Waals surface area contributed by atoms with Gasteiger partial charge in [0, 0.05) is 28.9 Å². The maximum Gasteiger partial charge on any atom is 0.0642 e. The molecule has 0 saturated carbocycles. The molecule has 1 nitrogen and oxygen atoms in total. The summed E-state index contributed by atoms with van der Waals surface area (Å²) in [6.45, 7) is 5.66. The summed E-state index contributed by atoms with van der Waals surface area (Å²) in [4.78, 5) is 2.43. The number of alkyl halides is 1. The number of halogens is 2.